The van der Waals surface area contributed by atoms with Gasteiger partial charge in [-0.1, -0.05) is 43.2 Å². The van der Waals surface area contributed by atoms with Gasteiger partial charge in [0.15, 0.2) is 5.78 Å². The van der Waals surface area contributed by atoms with Crippen LogP contribution in [0, 0.1) is 11.8 Å². The molecule has 1 aliphatic rings. The lowest BCUT2D eigenvalue weighted by atomic mass is 9.79. The summed E-state index contributed by atoms with van der Waals surface area (Å²) in [6.45, 7) is 0.505. The maximum absolute atomic E-state index is 12.0. The van der Waals surface area contributed by atoms with Crippen LogP contribution in [0.4, 0.5) is 0 Å². The fourth-order valence-electron chi connectivity index (χ4n) is 3.42. The number of benzene rings is 1. The summed E-state index contributed by atoms with van der Waals surface area (Å²) < 4.78 is 4.87. The van der Waals surface area contributed by atoms with Crippen molar-refractivity contribution in [2.24, 2.45) is 11.8 Å². The van der Waals surface area contributed by atoms with Crippen LogP contribution in [-0.2, 0) is 14.3 Å². The molecule has 1 aliphatic carbocycles. The van der Waals surface area contributed by atoms with E-state index in [1.54, 1.807) is 12.1 Å². The highest BCUT2D eigenvalue weighted by molar-refractivity contribution is 5.96. The maximum Gasteiger partial charge on any atom is 0.309 e. The first-order valence-corrected chi connectivity index (χ1v) is 9.04. The van der Waals surface area contributed by atoms with E-state index < -0.39 is 0 Å². The van der Waals surface area contributed by atoms with E-state index in [2.05, 4.69) is 5.32 Å². The highest BCUT2D eigenvalue weighted by atomic mass is 16.5. The molecule has 1 saturated carbocycles. The molecule has 0 aliphatic heterocycles. The minimum Gasteiger partial charge on any atom is -0.469 e. The molecule has 5 nitrogen and oxygen atoms in total. The highest BCUT2D eigenvalue weighted by Crippen LogP contribution is 2.30. The number of hydrogen-bond acceptors (Lipinski definition) is 4. The standard InChI is InChI=1S/C20H27NO4/c1-25-20(24)17-11-6-5-10-16(17)14-21-19(23)13-7-12-18(22)15-8-3-2-4-9-15/h2-4,8-9,16-17H,5-7,10-14H2,1H3,(H,21,23). The number of ether oxygens (including phenoxy) is 1. The third kappa shape index (κ3) is 6.00. The van der Waals surface area contributed by atoms with Gasteiger partial charge < -0.3 is 10.1 Å². The molecule has 0 heterocycles. The first-order valence-electron chi connectivity index (χ1n) is 9.04. The molecule has 0 spiro atoms. The third-order valence-corrected chi connectivity index (χ3v) is 4.88. The Morgan fingerprint density at radius 3 is 2.52 bits per heavy atom. The van der Waals surface area contributed by atoms with Gasteiger partial charge in [0, 0.05) is 24.9 Å². The topological polar surface area (TPSA) is 72.5 Å². The minimum atomic E-state index is -0.174. The predicted octanol–water partition coefficient (Wildman–Crippen LogP) is 3.14. The van der Waals surface area contributed by atoms with Crippen LogP contribution in [-0.4, -0.2) is 31.3 Å². The Morgan fingerprint density at radius 1 is 1.08 bits per heavy atom. The van der Waals surface area contributed by atoms with Gasteiger partial charge in [-0.25, -0.2) is 0 Å². The number of hydrogen-bond donors (Lipinski definition) is 1. The number of rotatable bonds is 8. The average molecular weight is 345 g/mol. The monoisotopic (exact) mass is 345 g/mol. The van der Waals surface area contributed by atoms with E-state index in [-0.39, 0.29) is 29.5 Å². The average Bonchev–Trinajstić information content (AvgIpc) is 2.66. The number of Topliss-reactive ketones (excluding diaryl/α,β-unsaturated/α-hetero) is 1. The molecule has 2 unspecified atom stereocenters. The summed E-state index contributed by atoms with van der Waals surface area (Å²) in [6, 6.07) is 9.12. The van der Waals surface area contributed by atoms with Crippen LogP contribution in [0.3, 0.4) is 0 Å². The van der Waals surface area contributed by atoms with E-state index in [9.17, 15) is 14.4 Å². The first-order chi connectivity index (χ1) is 12.1. The number of amides is 1. The molecule has 25 heavy (non-hydrogen) atoms. The molecule has 0 bridgehead atoms. The van der Waals surface area contributed by atoms with Gasteiger partial charge in [-0.15, -0.1) is 0 Å². The molecule has 2 rings (SSSR count). The Kier molecular flexibility index (Phi) is 7.64. The number of esters is 1. The minimum absolute atomic E-state index is 0.0601. The van der Waals surface area contributed by atoms with Gasteiger partial charge in [-0.3, -0.25) is 14.4 Å². The fraction of sp³-hybridized carbons (Fsp3) is 0.550. The van der Waals surface area contributed by atoms with Crippen molar-refractivity contribution in [1.82, 2.24) is 5.32 Å². The van der Waals surface area contributed by atoms with Gasteiger partial charge in [0.2, 0.25) is 5.91 Å². The summed E-state index contributed by atoms with van der Waals surface area (Å²) >= 11 is 0. The predicted molar refractivity (Wildman–Crippen MR) is 95.1 cm³/mol. The summed E-state index contributed by atoms with van der Waals surface area (Å²) in [5.41, 5.74) is 0.686. The van der Waals surface area contributed by atoms with Crippen molar-refractivity contribution in [3.8, 4) is 0 Å². The number of nitrogens with one attached hydrogen (secondary N) is 1. The van der Waals surface area contributed by atoms with Gasteiger partial charge in [0.05, 0.1) is 13.0 Å². The first kappa shape index (κ1) is 19.2. The SMILES string of the molecule is COC(=O)C1CCCCC1CNC(=O)CCCC(=O)c1ccccc1. The van der Waals surface area contributed by atoms with E-state index in [1.807, 2.05) is 18.2 Å². The molecule has 1 aromatic rings. The Labute approximate surface area is 149 Å². The van der Waals surface area contributed by atoms with Crippen LogP contribution in [0.15, 0.2) is 30.3 Å². The Bertz CT molecular complexity index is 585. The van der Waals surface area contributed by atoms with Crippen molar-refractivity contribution < 1.29 is 19.1 Å². The van der Waals surface area contributed by atoms with E-state index in [4.69, 9.17) is 4.74 Å². The van der Waals surface area contributed by atoms with E-state index in [1.165, 1.54) is 7.11 Å². The van der Waals surface area contributed by atoms with Crippen LogP contribution in [0.2, 0.25) is 0 Å². The number of methoxy groups -OCH3 is 1. The second-order valence-electron chi connectivity index (χ2n) is 6.62. The molecule has 136 valence electrons. The molecule has 0 aromatic heterocycles. The van der Waals surface area contributed by atoms with Crippen molar-refractivity contribution >= 4 is 17.7 Å². The summed E-state index contributed by atoms with van der Waals surface area (Å²) in [5, 5.41) is 2.92. The van der Waals surface area contributed by atoms with Gasteiger partial charge in [-0.2, -0.15) is 0 Å². The zero-order valence-electron chi connectivity index (χ0n) is 14.8. The molecule has 1 amide bonds. The van der Waals surface area contributed by atoms with Gasteiger partial charge in [-0.05, 0) is 25.2 Å². The van der Waals surface area contributed by atoms with Crippen molar-refractivity contribution in [3.63, 3.8) is 0 Å². The second-order valence-corrected chi connectivity index (χ2v) is 6.62. The molecule has 2 atom stereocenters. The molecular weight excluding hydrogens is 318 g/mol. The van der Waals surface area contributed by atoms with Crippen molar-refractivity contribution in [1.29, 1.82) is 0 Å². The van der Waals surface area contributed by atoms with Crippen LogP contribution in [0.5, 0.6) is 0 Å². The molecule has 1 N–H and O–H groups in total. The lowest BCUT2D eigenvalue weighted by molar-refractivity contribution is -0.148. The van der Waals surface area contributed by atoms with Crippen molar-refractivity contribution in [2.75, 3.05) is 13.7 Å². The second kappa shape index (κ2) is 9.97. The molecular formula is C20H27NO4. The zero-order valence-corrected chi connectivity index (χ0v) is 14.8. The zero-order chi connectivity index (χ0) is 18.1. The van der Waals surface area contributed by atoms with Crippen LogP contribution < -0.4 is 5.32 Å². The number of carbonyl (C=O) groups is 3. The van der Waals surface area contributed by atoms with Crippen LogP contribution >= 0.6 is 0 Å². The van der Waals surface area contributed by atoms with E-state index in [0.29, 0.717) is 31.4 Å². The molecule has 1 fully saturated rings. The van der Waals surface area contributed by atoms with E-state index in [0.717, 1.165) is 25.7 Å². The summed E-state index contributed by atoms with van der Waals surface area (Å²) in [5.74, 6) is -0.135. The third-order valence-electron chi connectivity index (χ3n) is 4.88. The van der Waals surface area contributed by atoms with Crippen molar-refractivity contribution in [3.05, 3.63) is 35.9 Å². The van der Waals surface area contributed by atoms with Crippen LogP contribution in [0.1, 0.15) is 55.3 Å². The maximum atomic E-state index is 12.0. The normalized spacial score (nSPS) is 19.9. The molecule has 0 saturated heterocycles. The quantitative estimate of drug-likeness (QED) is 0.580. The summed E-state index contributed by atoms with van der Waals surface area (Å²) in [7, 11) is 1.41. The van der Waals surface area contributed by atoms with Gasteiger partial charge >= 0.3 is 5.97 Å². The molecule has 0 radical (unpaired) electrons. The number of carbonyl (C=O) groups excluding carboxylic acids is 3. The number of ketones is 1. The smallest absolute Gasteiger partial charge is 0.309 e. The lowest BCUT2D eigenvalue weighted by Gasteiger charge is -2.29. The summed E-state index contributed by atoms with van der Waals surface area (Å²) in [6.07, 6.45) is 5.11. The Morgan fingerprint density at radius 2 is 1.80 bits per heavy atom. The van der Waals surface area contributed by atoms with Crippen LogP contribution in [0.25, 0.3) is 0 Å². The summed E-state index contributed by atoms with van der Waals surface area (Å²) in [4.78, 5) is 35.8. The fourth-order valence-corrected chi connectivity index (χ4v) is 3.42. The Balaban J connectivity index is 1.69. The molecule has 1 aromatic carbocycles. The van der Waals surface area contributed by atoms with E-state index >= 15 is 0 Å². The van der Waals surface area contributed by atoms with Gasteiger partial charge in [0.1, 0.15) is 0 Å². The highest BCUT2D eigenvalue weighted by Gasteiger charge is 2.31. The lowest BCUT2D eigenvalue weighted by Crippen LogP contribution is -2.37. The van der Waals surface area contributed by atoms with Gasteiger partial charge in [0.25, 0.3) is 0 Å². The van der Waals surface area contributed by atoms with Crippen molar-refractivity contribution in [2.45, 2.75) is 44.9 Å². The Hall–Kier alpha value is -2.17. The largest absolute Gasteiger partial charge is 0.469 e. The molecule has 5 heteroatoms.